The number of carboxylic acid groups (broad SMARTS) is 1. The second-order valence-electron chi connectivity index (χ2n) is 3.81. The van der Waals surface area contributed by atoms with Gasteiger partial charge < -0.3 is 9.84 Å². The van der Waals surface area contributed by atoms with Gasteiger partial charge in [-0.2, -0.15) is 0 Å². The number of hydrogen-bond donors (Lipinski definition) is 1. The summed E-state index contributed by atoms with van der Waals surface area (Å²) >= 11 is 0. The molecule has 0 fully saturated rings. The lowest BCUT2D eigenvalue weighted by molar-refractivity contribution is -0.144. The van der Waals surface area contributed by atoms with Crippen LogP contribution in [0.4, 0.5) is 0 Å². The fourth-order valence-corrected chi connectivity index (χ4v) is 1.36. The number of aliphatic carboxylic acids is 1. The maximum absolute atomic E-state index is 11.3. The Hall–Kier alpha value is -1.14. The highest BCUT2D eigenvalue weighted by atomic mass is 16.5. The summed E-state index contributed by atoms with van der Waals surface area (Å²) in [5.41, 5.74) is 0. The Balaban J connectivity index is 3.88. The maximum atomic E-state index is 11.3. The number of carboxylic acids is 1. The number of likely N-dealkylation sites (N-methyl/N-ethyl adjacent to an activating group) is 2. The first-order valence-electron chi connectivity index (χ1n) is 5.77. The Kier molecular flexibility index (Phi) is 8.35. The van der Waals surface area contributed by atoms with E-state index in [1.54, 1.807) is 18.9 Å². The molecule has 0 aromatic carbocycles. The van der Waals surface area contributed by atoms with Crippen molar-refractivity contribution in [1.82, 2.24) is 9.80 Å². The number of hydrogen-bond acceptors (Lipinski definition) is 5. The van der Waals surface area contributed by atoms with Gasteiger partial charge in [0.25, 0.3) is 0 Å². The number of carbonyl (C=O) groups is 2. The number of carbonyl (C=O) groups excluding carboxylic acids is 1. The topological polar surface area (TPSA) is 70.1 Å². The van der Waals surface area contributed by atoms with Crippen molar-refractivity contribution in [2.24, 2.45) is 0 Å². The van der Waals surface area contributed by atoms with Crippen molar-refractivity contribution in [3.63, 3.8) is 0 Å². The molecular weight excluding hydrogens is 224 g/mol. The standard InChI is InChI=1S/C11H22N2O4/c1-4-13(9-11(16)17-5-2)7-6-12(3)8-10(14)15/h4-9H2,1-3H3,(H,14,15). The normalized spacial score (nSPS) is 10.9. The number of esters is 1. The molecule has 0 aliphatic rings. The van der Waals surface area contributed by atoms with E-state index in [0.717, 1.165) is 6.54 Å². The van der Waals surface area contributed by atoms with Gasteiger partial charge in [0, 0.05) is 13.1 Å². The van der Waals surface area contributed by atoms with E-state index in [-0.39, 0.29) is 19.1 Å². The molecule has 0 spiro atoms. The Morgan fingerprint density at radius 1 is 1.18 bits per heavy atom. The summed E-state index contributed by atoms with van der Waals surface area (Å²) in [6.45, 7) is 6.38. The zero-order valence-corrected chi connectivity index (χ0v) is 10.8. The van der Waals surface area contributed by atoms with Crippen molar-refractivity contribution in [3.8, 4) is 0 Å². The van der Waals surface area contributed by atoms with E-state index in [2.05, 4.69) is 0 Å². The van der Waals surface area contributed by atoms with Crippen molar-refractivity contribution in [1.29, 1.82) is 0 Å². The molecule has 6 heteroatoms. The van der Waals surface area contributed by atoms with Crippen molar-refractivity contribution in [2.75, 3.05) is 46.4 Å². The third-order valence-electron chi connectivity index (χ3n) is 2.31. The number of rotatable bonds is 9. The van der Waals surface area contributed by atoms with Crippen LogP contribution in [0.3, 0.4) is 0 Å². The minimum absolute atomic E-state index is 0.0109. The van der Waals surface area contributed by atoms with E-state index in [1.807, 2.05) is 11.8 Å². The quantitative estimate of drug-likeness (QED) is 0.572. The molecule has 6 nitrogen and oxygen atoms in total. The first kappa shape index (κ1) is 15.9. The molecule has 0 aromatic rings. The summed E-state index contributed by atoms with van der Waals surface area (Å²) in [6.07, 6.45) is 0. The molecule has 0 atom stereocenters. The van der Waals surface area contributed by atoms with Crippen LogP contribution in [-0.4, -0.2) is 73.2 Å². The largest absolute Gasteiger partial charge is 0.480 e. The summed E-state index contributed by atoms with van der Waals surface area (Å²) in [6, 6.07) is 0. The molecular formula is C11H22N2O4. The van der Waals surface area contributed by atoms with Crippen LogP contribution in [0.1, 0.15) is 13.8 Å². The summed E-state index contributed by atoms with van der Waals surface area (Å²) in [7, 11) is 1.74. The van der Waals surface area contributed by atoms with Gasteiger partial charge in [0.15, 0.2) is 0 Å². The molecule has 0 saturated carbocycles. The van der Waals surface area contributed by atoms with E-state index in [0.29, 0.717) is 19.7 Å². The zero-order valence-electron chi connectivity index (χ0n) is 10.8. The number of nitrogens with zero attached hydrogens (tertiary/aromatic N) is 2. The lowest BCUT2D eigenvalue weighted by atomic mass is 10.4. The van der Waals surface area contributed by atoms with Crippen LogP contribution < -0.4 is 0 Å². The number of ether oxygens (including phenoxy) is 1. The lowest BCUT2D eigenvalue weighted by Crippen LogP contribution is -2.38. The lowest BCUT2D eigenvalue weighted by Gasteiger charge is -2.22. The highest BCUT2D eigenvalue weighted by Gasteiger charge is 2.11. The van der Waals surface area contributed by atoms with Gasteiger partial charge in [0.1, 0.15) is 0 Å². The molecule has 17 heavy (non-hydrogen) atoms. The van der Waals surface area contributed by atoms with Crippen LogP contribution >= 0.6 is 0 Å². The van der Waals surface area contributed by atoms with Crippen molar-refractivity contribution in [3.05, 3.63) is 0 Å². The van der Waals surface area contributed by atoms with E-state index in [4.69, 9.17) is 9.84 Å². The van der Waals surface area contributed by atoms with E-state index >= 15 is 0 Å². The van der Waals surface area contributed by atoms with Gasteiger partial charge in [-0.25, -0.2) is 0 Å². The van der Waals surface area contributed by atoms with Crippen molar-refractivity contribution in [2.45, 2.75) is 13.8 Å². The minimum Gasteiger partial charge on any atom is -0.480 e. The predicted molar refractivity (Wildman–Crippen MR) is 63.9 cm³/mol. The van der Waals surface area contributed by atoms with E-state index < -0.39 is 5.97 Å². The summed E-state index contributed by atoms with van der Waals surface area (Å²) < 4.78 is 4.86. The first-order valence-corrected chi connectivity index (χ1v) is 5.77. The Morgan fingerprint density at radius 3 is 2.29 bits per heavy atom. The average Bonchev–Trinajstić information content (AvgIpc) is 2.23. The van der Waals surface area contributed by atoms with Gasteiger partial charge in [0.2, 0.25) is 0 Å². The molecule has 0 aliphatic carbocycles. The Labute approximate surface area is 102 Å². The van der Waals surface area contributed by atoms with Gasteiger partial charge >= 0.3 is 11.9 Å². The molecule has 0 rings (SSSR count). The smallest absolute Gasteiger partial charge is 0.320 e. The van der Waals surface area contributed by atoms with E-state index in [1.165, 1.54) is 0 Å². The van der Waals surface area contributed by atoms with Crippen LogP contribution in [0, 0.1) is 0 Å². The molecule has 100 valence electrons. The van der Waals surface area contributed by atoms with Crippen molar-refractivity contribution >= 4 is 11.9 Å². The molecule has 0 heterocycles. The second-order valence-corrected chi connectivity index (χ2v) is 3.81. The van der Waals surface area contributed by atoms with Gasteiger partial charge in [-0.1, -0.05) is 6.92 Å². The second kappa shape index (κ2) is 8.95. The Bertz CT molecular complexity index is 246. The SMILES string of the molecule is CCOC(=O)CN(CC)CCN(C)CC(=O)O. The van der Waals surface area contributed by atoms with Crippen LogP contribution in [0.25, 0.3) is 0 Å². The highest BCUT2D eigenvalue weighted by Crippen LogP contribution is 1.92. The maximum Gasteiger partial charge on any atom is 0.320 e. The van der Waals surface area contributed by atoms with Gasteiger partial charge in [-0.15, -0.1) is 0 Å². The summed E-state index contributed by atoms with van der Waals surface area (Å²) in [5, 5.41) is 8.59. The predicted octanol–water partition coefficient (Wildman–Crippen LogP) is -0.112. The van der Waals surface area contributed by atoms with Gasteiger partial charge in [-0.3, -0.25) is 19.4 Å². The molecule has 1 N–H and O–H groups in total. The third-order valence-corrected chi connectivity index (χ3v) is 2.31. The molecule has 0 radical (unpaired) electrons. The van der Waals surface area contributed by atoms with Crippen LogP contribution in [0.2, 0.25) is 0 Å². The fourth-order valence-electron chi connectivity index (χ4n) is 1.36. The summed E-state index contributed by atoms with van der Waals surface area (Å²) in [4.78, 5) is 25.4. The van der Waals surface area contributed by atoms with Gasteiger partial charge in [-0.05, 0) is 20.5 Å². The molecule has 0 aromatic heterocycles. The summed E-state index contributed by atoms with van der Waals surface area (Å²) in [5.74, 6) is -1.09. The zero-order chi connectivity index (χ0) is 13.3. The van der Waals surface area contributed by atoms with Crippen LogP contribution in [-0.2, 0) is 14.3 Å². The average molecular weight is 246 g/mol. The van der Waals surface area contributed by atoms with Crippen LogP contribution in [0.5, 0.6) is 0 Å². The molecule has 0 bridgehead atoms. The van der Waals surface area contributed by atoms with Gasteiger partial charge in [0.05, 0.1) is 19.7 Å². The molecule has 0 saturated heterocycles. The van der Waals surface area contributed by atoms with Crippen LogP contribution in [0.15, 0.2) is 0 Å². The molecule has 0 unspecified atom stereocenters. The highest BCUT2D eigenvalue weighted by molar-refractivity contribution is 5.71. The Morgan fingerprint density at radius 2 is 1.82 bits per heavy atom. The fraction of sp³-hybridized carbons (Fsp3) is 0.818. The molecule has 0 amide bonds. The third kappa shape index (κ3) is 8.65. The van der Waals surface area contributed by atoms with E-state index in [9.17, 15) is 9.59 Å². The van der Waals surface area contributed by atoms with Crippen molar-refractivity contribution < 1.29 is 19.4 Å². The minimum atomic E-state index is -0.846. The molecule has 0 aliphatic heterocycles. The first-order chi connectivity index (χ1) is 7.99. The monoisotopic (exact) mass is 246 g/mol.